The Bertz CT molecular complexity index is 1020. The molecule has 0 atom stereocenters. The third-order valence-corrected chi connectivity index (χ3v) is 5.97. The quantitative estimate of drug-likeness (QED) is 0.594. The molecule has 1 fully saturated rings. The minimum Gasteiger partial charge on any atom is -0.488 e. The van der Waals surface area contributed by atoms with E-state index in [1.165, 1.54) is 13.3 Å². The summed E-state index contributed by atoms with van der Waals surface area (Å²) in [5.74, 6) is 0.756. The lowest BCUT2D eigenvalue weighted by Gasteiger charge is -2.37. The summed E-state index contributed by atoms with van der Waals surface area (Å²) in [6.45, 7) is 14.7. The molecule has 8 nitrogen and oxygen atoms in total. The van der Waals surface area contributed by atoms with E-state index in [1.54, 1.807) is 18.1 Å². The molecule has 2 heterocycles. The molecular formula is C26H37N5O3. The number of amides is 2. The van der Waals surface area contributed by atoms with Crippen LogP contribution >= 0.6 is 0 Å². The van der Waals surface area contributed by atoms with Crippen LogP contribution in [0.15, 0.2) is 30.7 Å². The summed E-state index contributed by atoms with van der Waals surface area (Å²) in [6.07, 6.45) is 3.15. The molecule has 0 saturated carbocycles. The van der Waals surface area contributed by atoms with Gasteiger partial charge >= 0.3 is 0 Å². The maximum absolute atomic E-state index is 12.8. The number of ether oxygens (including phenoxy) is 1. The largest absolute Gasteiger partial charge is 0.488 e. The van der Waals surface area contributed by atoms with Crippen molar-refractivity contribution in [1.82, 2.24) is 24.7 Å². The fourth-order valence-electron chi connectivity index (χ4n) is 4.05. The van der Waals surface area contributed by atoms with Crippen LogP contribution in [0.5, 0.6) is 5.75 Å². The van der Waals surface area contributed by atoms with Gasteiger partial charge in [-0.2, -0.15) is 0 Å². The van der Waals surface area contributed by atoms with Crippen molar-refractivity contribution >= 4 is 11.8 Å². The van der Waals surface area contributed by atoms with Crippen molar-refractivity contribution in [3.05, 3.63) is 41.9 Å². The standard InChI is InChI=1S/C26H37N5O3/c1-19-13-21(25-23(14-27-18-28-25)34-12-11-29(6)20(2)32)7-8-22(19)15-31-10-9-30(16-24(31)33)17-26(3,4)5/h7-8,13-14,18H,9-12,15-17H2,1-6H3. The van der Waals surface area contributed by atoms with E-state index in [0.717, 1.165) is 36.3 Å². The van der Waals surface area contributed by atoms with Crippen molar-refractivity contribution < 1.29 is 14.3 Å². The molecule has 0 radical (unpaired) electrons. The highest BCUT2D eigenvalue weighted by Gasteiger charge is 2.27. The van der Waals surface area contributed by atoms with Crippen LogP contribution in [0.25, 0.3) is 11.3 Å². The second-order valence-corrected chi connectivity index (χ2v) is 10.3. The topological polar surface area (TPSA) is 78.9 Å². The third kappa shape index (κ3) is 7.00. The van der Waals surface area contributed by atoms with Gasteiger partial charge in [-0.1, -0.05) is 32.9 Å². The number of piperazine rings is 1. The van der Waals surface area contributed by atoms with Gasteiger partial charge < -0.3 is 14.5 Å². The summed E-state index contributed by atoms with van der Waals surface area (Å²) < 4.78 is 5.89. The summed E-state index contributed by atoms with van der Waals surface area (Å²) in [4.78, 5) is 38.5. The van der Waals surface area contributed by atoms with Crippen molar-refractivity contribution in [3.63, 3.8) is 0 Å². The highest BCUT2D eigenvalue weighted by molar-refractivity contribution is 5.79. The molecule has 34 heavy (non-hydrogen) atoms. The summed E-state index contributed by atoms with van der Waals surface area (Å²) >= 11 is 0. The first-order chi connectivity index (χ1) is 16.0. The lowest BCUT2D eigenvalue weighted by atomic mass is 9.95. The molecule has 3 rings (SSSR count). The molecule has 1 aromatic heterocycles. The fraction of sp³-hybridized carbons (Fsp3) is 0.538. The molecule has 0 unspecified atom stereocenters. The van der Waals surface area contributed by atoms with Gasteiger partial charge in [-0.25, -0.2) is 9.97 Å². The number of nitrogens with zero attached hydrogens (tertiary/aromatic N) is 5. The van der Waals surface area contributed by atoms with Crippen LogP contribution in [0.1, 0.15) is 38.8 Å². The Labute approximate surface area is 202 Å². The zero-order chi connectivity index (χ0) is 24.9. The van der Waals surface area contributed by atoms with Crippen molar-refractivity contribution in [1.29, 1.82) is 0 Å². The van der Waals surface area contributed by atoms with Crippen LogP contribution < -0.4 is 4.74 Å². The third-order valence-electron chi connectivity index (χ3n) is 5.97. The summed E-state index contributed by atoms with van der Waals surface area (Å²) in [5, 5.41) is 0. The molecule has 2 aromatic rings. The summed E-state index contributed by atoms with van der Waals surface area (Å²) in [5.41, 5.74) is 4.05. The SMILES string of the molecule is CC(=O)N(C)CCOc1cncnc1-c1ccc(CN2CCN(CC(C)(C)C)CC2=O)c(C)c1. The number of aromatic nitrogens is 2. The summed E-state index contributed by atoms with van der Waals surface area (Å²) in [6, 6.07) is 6.15. The summed E-state index contributed by atoms with van der Waals surface area (Å²) in [7, 11) is 1.74. The van der Waals surface area contributed by atoms with E-state index in [9.17, 15) is 9.59 Å². The van der Waals surface area contributed by atoms with Crippen LogP contribution in [0, 0.1) is 12.3 Å². The molecule has 2 amide bonds. The lowest BCUT2D eigenvalue weighted by molar-refractivity contribution is -0.137. The van der Waals surface area contributed by atoms with E-state index in [2.05, 4.69) is 54.7 Å². The van der Waals surface area contributed by atoms with E-state index < -0.39 is 0 Å². The molecular weight excluding hydrogens is 430 g/mol. The number of rotatable bonds is 8. The molecule has 0 N–H and O–H groups in total. The first-order valence-electron chi connectivity index (χ1n) is 11.8. The Morgan fingerprint density at radius 2 is 2.00 bits per heavy atom. The van der Waals surface area contributed by atoms with Gasteiger partial charge in [-0.05, 0) is 29.5 Å². The minimum absolute atomic E-state index is 0.00607. The Morgan fingerprint density at radius 3 is 2.65 bits per heavy atom. The molecule has 1 aliphatic rings. The van der Waals surface area contributed by atoms with Crippen LogP contribution in [0.2, 0.25) is 0 Å². The van der Waals surface area contributed by atoms with E-state index in [1.807, 2.05) is 11.0 Å². The van der Waals surface area contributed by atoms with Crippen molar-refractivity contribution in [2.75, 3.05) is 46.4 Å². The van der Waals surface area contributed by atoms with Gasteiger partial charge in [-0.15, -0.1) is 0 Å². The first-order valence-corrected chi connectivity index (χ1v) is 11.8. The average molecular weight is 468 g/mol. The maximum Gasteiger partial charge on any atom is 0.237 e. The number of likely N-dealkylation sites (N-methyl/N-ethyl adjacent to an activating group) is 1. The van der Waals surface area contributed by atoms with Crippen LogP contribution in [0.3, 0.4) is 0 Å². The second kappa shape index (κ2) is 11.0. The fourth-order valence-corrected chi connectivity index (χ4v) is 4.05. The van der Waals surface area contributed by atoms with Crippen LogP contribution in [0.4, 0.5) is 0 Å². The lowest BCUT2D eigenvalue weighted by Crippen LogP contribution is -2.51. The predicted octanol–water partition coefficient (Wildman–Crippen LogP) is 3.00. The molecule has 1 aromatic carbocycles. The second-order valence-electron chi connectivity index (χ2n) is 10.3. The molecule has 0 spiro atoms. The maximum atomic E-state index is 12.8. The number of carbonyl (C=O) groups is 2. The normalized spacial score (nSPS) is 14.9. The van der Waals surface area contributed by atoms with Gasteiger partial charge in [0.25, 0.3) is 0 Å². The van der Waals surface area contributed by atoms with Gasteiger partial charge in [-0.3, -0.25) is 14.5 Å². The molecule has 1 aliphatic heterocycles. The molecule has 184 valence electrons. The van der Waals surface area contributed by atoms with Gasteiger partial charge in [0.05, 0.1) is 19.3 Å². The highest BCUT2D eigenvalue weighted by Crippen LogP contribution is 2.29. The first kappa shape index (κ1) is 25.6. The molecule has 8 heteroatoms. The number of carbonyl (C=O) groups excluding carboxylic acids is 2. The highest BCUT2D eigenvalue weighted by atomic mass is 16.5. The molecule has 1 saturated heterocycles. The minimum atomic E-state index is -0.00607. The number of aryl methyl sites for hydroxylation is 1. The predicted molar refractivity (Wildman–Crippen MR) is 132 cm³/mol. The van der Waals surface area contributed by atoms with E-state index in [-0.39, 0.29) is 17.2 Å². The Kier molecular flexibility index (Phi) is 8.25. The van der Waals surface area contributed by atoms with E-state index >= 15 is 0 Å². The molecule has 0 bridgehead atoms. The smallest absolute Gasteiger partial charge is 0.237 e. The van der Waals surface area contributed by atoms with Crippen molar-refractivity contribution in [2.24, 2.45) is 5.41 Å². The number of hydrogen-bond acceptors (Lipinski definition) is 6. The van der Waals surface area contributed by atoms with Gasteiger partial charge in [0.1, 0.15) is 18.6 Å². The molecule has 0 aliphatic carbocycles. The van der Waals surface area contributed by atoms with E-state index in [4.69, 9.17) is 4.74 Å². The average Bonchev–Trinajstić information content (AvgIpc) is 2.76. The van der Waals surface area contributed by atoms with E-state index in [0.29, 0.717) is 37.7 Å². The zero-order valence-electron chi connectivity index (χ0n) is 21.3. The Balaban J connectivity index is 1.66. The Hall–Kier alpha value is -3.00. The zero-order valence-corrected chi connectivity index (χ0v) is 21.3. The van der Waals surface area contributed by atoms with Crippen molar-refractivity contribution in [3.8, 4) is 17.0 Å². The Morgan fingerprint density at radius 1 is 1.24 bits per heavy atom. The van der Waals surface area contributed by atoms with Gasteiger partial charge in [0.2, 0.25) is 11.8 Å². The van der Waals surface area contributed by atoms with Crippen LogP contribution in [-0.4, -0.2) is 82.9 Å². The van der Waals surface area contributed by atoms with Gasteiger partial charge in [0, 0.05) is 45.7 Å². The number of hydrogen-bond donors (Lipinski definition) is 0. The number of benzene rings is 1. The van der Waals surface area contributed by atoms with Crippen LogP contribution in [-0.2, 0) is 16.1 Å². The van der Waals surface area contributed by atoms with Crippen molar-refractivity contribution in [2.45, 2.75) is 41.2 Å². The van der Waals surface area contributed by atoms with Gasteiger partial charge in [0.15, 0.2) is 5.75 Å². The monoisotopic (exact) mass is 467 g/mol.